The van der Waals surface area contributed by atoms with Crippen molar-refractivity contribution in [3.8, 4) is 6.07 Å². The zero-order valence-electron chi connectivity index (χ0n) is 13.3. The second-order valence-corrected chi connectivity index (χ2v) is 5.71. The molecule has 1 atom stereocenters. The number of hydrogen-bond acceptors (Lipinski definition) is 5. The number of aromatic nitrogens is 1. The van der Waals surface area contributed by atoms with Gasteiger partial charge in [-0.15, -0.1) is 0 Å². The monoisotopic (exact) mass is 307 g/mol. The van der Waals surface area contributed by atoms with Crippen molar-refractivity contribution in [1.82, 2.24) is 9.88 Å². The van der Waals surface area contributed by atoms with E-state index in [-0.39, 0.29) is 6.42 Å². The minimum atomic E-state index is -0.839. The zero-order chi connectivity index (χ0) is 16.8. The van der Waals surface area contributed by atoms with E-state index in [9.17, 15) is 9.59 Å². The third kappa shape index (κ3) is 5.48. The molecular formula is C15H21N3O4. The van der Waals surface area contributed by atoms with Gasteiger partial charge in [0, 0.05) is 12.7 Å². The van der Waals surface area contributed by atoms with Crippen LogP contribution in [0.3, 0.4) is 0 Å². The van der Waals surface area contributed by atoms with Gasteiger partial charge in [-0.2, -0.15) is 5.26 Å². The highest BCUT2D eigenvalue weighted by Crippen LogP contribution is 2.09. The quantitative estimate of drug-likeness (QED) is 0.837. The number of hydrogen-bond donors (Lipinski definition) is 1. The van der Waals surface area contributed by atoms with Gasteiger partial charge in [-0.05, 0) is 39.3 Å². The van der Waals surface area contributed by atoms with Gasteiger partial charge in [0.05, 0.1) is 7.11 Å². The number of nitrogens with zero attached hydrogens (tertiary/aromatic N) is 2. The first kappa shape index (κ1) is 17.6. The average Bonchev–Trinajstić information content (AvgIpc) is 2.87. The molecule has 0 radical (unpaired) electrons. The largest absolute Gasteiger partial charge is 0.467 e. The normalized spacial score (nSPS) is 12.1. The lowest BCUT2D eigenvalue weighted by atomic mass is 10.2. The van der Waals surface area contributed by atoms with Gasteiger partial charge in [0.25, 0.3) is 0 Å². The second kappa shape index (κ2) is 7.50. The molecule has 1 aromatic heterocycles. The molecule has 0 aliphatic carbocycles. The van der Waals surface area contributed by atoms with Gasteiger partial charge in [0.2, 0.25) is 0 Å². The Labute approximate surface area is 129 Å². The average molecular weight is 307 g/mol. The lowest BCUT2D eigenvalue weighted by Crippen LogP contribution is -2.44. The van der Waals surface area contributed by atoms with E-state index < -0.39 is 23.7 Å². The Hall–Kier alpha value is -2.49. The van der Waals surface area contributed by atoms with Gasteiger partial charge in [-0.25, -0.2) is 9.59 Å². The standard InChI is InChI=1S/C15H21N3O4/c1-15(2,3)22-14(20)17-12(13(19)21-4)7-9-18-8-5-6-11(18)10-16/h5-6,8,12H,7,9H2,1-4H3,(H,17,20). The van der Waals surface area contributed by atoms with Crippen molar-refractivity contribution < 1.29 is 19.1 Å². The van der Waals surface area contributed by atoms with Gasteiger partial charge in [0.15, 0.2) is 0 Å². The topological polar surface area (TPSA) is 93.4 Å². The van der Waals surface area contributed by atoms with Crippen molar-refractivity contribution in [3.63, 3.8) is 0 Å². The van der Waals surface area contributed by atoms with Crippen LogP contribution in [-0.4, -0.2) is 35.4 Å². The van der Waals surface area contributed by atoms with E-state index in [1.54, 1.807) is 43.7 Å². The molecule has 0 bridgehead atoms. The fourth-order valence-corrected chi connectivity index (χ4v) is 1.82. The first-order valence-electron chi connectivity index (χ1n) is 6.89. The molecule has 0 saturated carbocycles. The molecule has 22 heavy (non-hydrogen) atoms. The van der Waals surface area contributed by atoms with Gasteiger partial charge in [0.1, 0.15) is 23.4 Å². The first-order chi connectivity index (χ1) is 10.3. The summed E-state index contributed by atoms with van der Waals surface area (Å²) in [5.74, 6) is -0.559. The van der Waals surface area contributed by atoms with Crippen molar-refractivity contribution in [2.24, 2.45) is 0 Å². The number of alkyl carbamates (subject to hydrolysis) is 1. The Kier molecular flexibility index (Phi) is 5.99. The Balaban J connectivity index is 2.68. The lowest BCUT2D eigenvalue weighted by Gasteiger charge is -2.22. The minimum Gasteiger partial charge on any atom is -0.467 e. The maximum atomic E-state index is 11.8. The summed E-state index contributed by atoms with van der Waals surface area (Å²) in [4.78, 5) is 23.5. The maximum absolute atomic E-state index is 11.8. The predicted molar refractivity (Wildman–Crippen MR) is 78.9 cm³/mol. The summed E-state index contributed by atoms with van der Waals surface area (Å²) >= 11 is 0. The molecule has 0 saturated heterocycles. The lowest BCUT2D eigenvalue weighted by molar-refractivity contribution is -0.143. The summed E-state index contributed by atoms with van der Waals surface area (Å²) in [6.45, 7) is 5.60. The van der Waals surface area contributed by atoms with Crippen LogP contribution in [0.1, 0.15) is 32.9 Å². The highest BCUT2D eigenvalue weighted by molar-refractivity contribution is 5.81. The Morgan fingerprint density at radius 3 is 2.68 bits per heavy atom. The number of rotatable bonds is 5. The number of aryl methyl sites for hydroxylation is 1. The molecule has 1 N–H and O–H groups in total. The Morgan fingerprint density at radius 1 is 1.45 bits per heavy atom. The zero-order valence-corrected chi connectivity index (χ0v) is 13.3. The minimum absolute atomic E-state index is 0.287. The molecule has 120 valence electrons. The molecule has 0 aliphatic rings. The van der Waals surface area contributed by atoms with E-state index in [0.717, 1.165) is 0 Å². The number of ether oxygens (including phenoxy) is 2. The number of amides is 1. The van der Waals surface area contributed by atoms with E-state index in [1.165, 1.54) is 7.11 Å². The van der Waals surface area contributed by atoms with Crippen molar-refractivity contribution in [1.29, 1.82) is 5.26 Å². The van der Waals surface area contributed by atoms with Crippen molar-refractivity contribution in [3.05, 3.63) is 24.0 Å². The molecule has 1 aromatic rings. The maximum Gasteiger partial charge on any atom is 0.408 e. The highest BCUT2D eigenvalue weighted by atomic mass is 16.6. The molecule has 1 amide bonds. The molecule has 0 aromatic carbocycles. The van der Waals surface area contributed by atoms with Crippen LogP contribution < -0.4 is 5.32 Å². The van der Waals surface area contributed by atoms with Crippen LogP contribution in [0.15, 0.2) is 18.3 Å². The van der Waals surface area contributed by atoms with Crippen LogP contribution in [0.4, 0.5) is 4.79 Å². The van der Waals surface area contributed by atoms with E-state index >= 15 is 0 Å². The second-order valence-electron chi connectivity index (χ2n) is 5.71. The molecule has 1 unspecified atom stereocenters. The first-order valence-corrected chi connectivity index (χ1v) is 6.89. The molecule has 1 rings (SSSR count). The van der Waals surface area contributed by atoms with Gasteiger partial charge < -0.3 is 19.4 Å². The van der Waals surface area contributed by atoms with Gasteiger partial charge >= 0.3 is 12.1 Å². The van der Waals surface area contributed by atoms with Crippen LogP contribution >= 0.6 is 0 Å². The van der Waals surface area contributed by atoms with Crippen LogP contribution in [-0.2, 0) is 20.8 Å². The fourth-order valence-electron chi connectivity index (χ4n) is 1.82. The van der Waals surface area contributed by atoms with Gasteiger partial charge in [-0.3, -0.25) is 0 Å². The number of carbonyl (C=O) groups excluding carboxylic acids is 2. The van der Waals surface area contributed by atoms with E-state index in [2.05, 4.69) is 10.1 Å². The number of nitriles is 1. The summed E-state index contributed by atoms with van der Waals surface area (Å²) in [6.07, 6.45) is 1.34. The Morgan fingerprint density at radius 2 is 2.14 bits per heavy atom. The molecule has 7 nitrogen and oxygen atoms in total. The molecule has 1 heterocycles. The van der Waals surface area contributed by atoms with Crippen LogP contribution in [0, 0.1) is 11.3 Å². The smallest absolute Gasteiger partial charge is 0.408 e. The van der Waals surface area contributed by atoms with E-state index in [1.807, 2.05) is 6.07 Å². The predicted octanol–water partition coefficient (Wildman–Crippen LogP) is 1.82. The van der Waals surface area contributed by atoms with Crippen molar-refractivity contribution in [2.75, 3.05) is 7.11 Å². The van der Waals surface area contributed by atoms with Crippen LogP contribution in [0.5, 0.6) is 0 Å². The number of carbonyl (C=O) groups is 2. The molecular weight excluding hydrogens is 286 g/mol. The van der Waals surface area contributed by atoms with E-state index in [4.69, 9.17) is 10.00 Å². The fraction of sp³-hybridized carbons (Fsp3) is 0.533. The van der Waals surface area contributed by atoms with Crippen LogP contribution in [0.25, 0.3) is 0 Å². The molecule has 0 spiro atoms. The van der Waals surface area contributed by atoms with Gasteiger partial charge in [-0.1, -0.05) is 0 Å². The Bertz CT molecular complexity index is 566. The summed E-state index contributed by atoms with van der Waals surface area (Å²) in [5.41, 5.74) is -0.167. The summed E-state index contributed by atoms with van der Waals surface area (Å²) in [5, 5.41) is 11.4. The third-order valence-electron chi connectivity index (χ3n) is 2.78. The summed E-state index contributed by atoms with van der Waals surface area (Å²) in [7, 11) is 1.25. The third-order valence-corrected chi connectivity index (χ3v) is 2.78. The molecule has 0 aliphatic heterocycles. The SMILES string of the molecule is COC(=O)C(CCn1cccc1C#N)NC(=O)OC(C)(C)C. The molecule has 0 fully saturated rings. The summed E-state index contributed by atoms with van der Waals surface area (Å²) < 4.78 is 11.5. The molecule has 7 heteroatoms. The van der Waals surface area contributed by atoms with Crippen molar-refractivity contribution >= 4 is 12.1 Å². The number of esters is 1. The number of methoxy groups -OCH3 is 1. The van der Waals surface area contributed by atoms with Crippen molar-refractivity contribution in [2.45, 2.75) is 45.4 Å². The summed E-state index contributed by atoms with van der Waals surface area (Å²) in [6, 6.07) is 4.63. The highest BCUT2D eigenvalue weighted by Gasteiger charge is 2.25. The number of nitrogens with one attached hydrogen (secondary N) is 1. The van der Waals surface area contributed by atoms with Crippen LogP contribution in [0.2, 0.25) is 0 Å². The van der Waals surface area contributed by atoms with E-state index in [0.29, 0.717) is 12.2 Å².